The third-order valence-corrected chi connectivity index (χ3v) is 11.3. The van der Waals surface area contributed by atoms with Gasteiger partial charge in [0.1, 0.15) is 36.3 Å². The zero-order chi connectivity index (χ0) is 42.2. The van der Waals surface area contributed by atoms with E-state index in [1.54, 1.807) is 0 Å². The van der Waals surface area contributed by atoms with E-state index in [9.17, 15) is 62.7 Å². The smallest absolute Gasteiger partial charge is 0.478 e. The van der Waals surface area contributed by atoms with Gasteiger partial charge >= 0.3 is 29.4 Å². The van der Waals surface area contributed by atoms with Crippen LogP contribution in [0.25, 0.3) is 11.2 Å². The molecule has 2 unspecified atom stereocenters. The van der Waals surface area contributed by atoms with Gasteiger partial charge in [0.25, 0.3) is 0 Å². The van der Waals surface area contributed by atoms with Crippen LogP contribution in [0.3, 0.4) is 0 Å². The number of phosphoric acid groups is 3. The number of hydrogen-bond acceptors (Lipinski definition) is 19. The molecule has 11 N–H and O–H groups in total. The number of nitrogens with two attached hydrogens (primary N) is 1. The Morgan fingerprint density at radius 1 is 1.07 bits per heavy atom. The summed E-state index contributed by atoms with van der Waals surface area (Å²) in [5.41, 5.74) is 4.04. The first-order valence-corrected chi connectivity index (χ1v) is 21.3. The summed E-state index contributed by atoms with van der Waals surface area (Å²) in [5, 5.41) is 34.4. The maximum Gasteiger partial charge on any atom is 0.481 e. The lowest BCUT2D eigenvalue weighted by molar-refractivity contribution is -0.137. The van der Waals surface area contributed by atoms with Crippen LogP contribution in [-0.2, 0) is 55.5 Å². The summed E-state index contributed by atoms with van der Waals surface area (Å²) in [6.45, 7) is 1.40. The average Bonchev–Trinajstić information content (AvgIpc) is 3.64. The third kappa shape index (κ3) is 14.0. The highest BCUT2D eigenvalue weighted by molar-refractivity contribution is 8.14. The van der Waals surface area contributed by atoms with Gasteiger partial charge in [-0.2, -0.15) is 4.31 Å². The summed E-state index contributed by atoms with van der Waals surface area (Å²) in [6, 6.07) is 0. The van der Waals surface area contributed by atoms with Crippen molar-refractivity contribution in [2.24, 2.45) is 5.41 Å². The number of rotatable bonds is 21. The number of carboxylic acids is 1. The third-order valence-electron chi connectivity index (χ3n) is 7.42. The number of anilines is 1. The number of nitrogen functional groups attached to an aromatic ring is 1. The van der Waals surface area contributed by atoms with Gasteiger partial charge in [0.05, 0.1) is 19.5 Å². The second-order valence-corrected chi connectivity index (χ2v) is 17.7. The molecule has 1 fully saturated rings. The summed E-state index contributed by atoms with van der Waals surface area (Å²) >= 11 is 0.776. The molecule has 0 spiro atoms. The van der Waals surface area contributed by atoms with E-state index in [-0.39, 0.29) is 47.8 Å². The molecule has 3 rings (SSSR count). The molecular weight excluding hydrogens is 839 g/mol. The number of ether oxygens (including phenoxy) is 1. The van der Waals surface area contributed by atoms with Gasteiger partial charge in [-0.3, -0.25) is 32.5 Å². The minimum Gasteiger partial charge on any atom is -0.478 e. The van der Waals surface area contributed by atoms with Crippen molar-refractivity contribution in [3.63, 3.8) is 0 Å². The molecule has 7 atom stereocenters. The number of carbonyl (C=O) groups is 4. The van der Waals surface area contributed by atoms with E-state index < -0.39 is 95.6 Å². The molecule has 314 valence electrons. The molecule has 2 aromatic heterocycles. The number of imidazole rings is 1. The van der Waals surface area contributed by atoms with Crippen LogP contribution in [0.2, 0.25) is 0 Å². The molecule has 2 aromatic rings. The van der Waals surface area contributed by atoms with Gasteiger partial charge in [0.15, 0.2) is 17.7 Å². The zero-order valence-corrected chi connectivity index (χ0v) is 33.0. The van der Waals surface area contributed by atoms with Gasteiger partial charge in [-0.05, 0) is 6.92 Å². The molecule has 26 nitrogen and oxygen atoms in total. The van der Waals surface area contributed by atoms with Crippen molar-refractivity contribution in [3.05, 3.63) is 24.3 Å². The van der Waals surface area contributed by atoms with Gasteiger partial charge in [-0.25, -0.2) is 33.4 Å². The fourth-order valence-electron chi connectivity index (χ4n) is 4.56. The first-order valence-electron chi connectivity index (χ1n) is 15.8. The molecule has 0 bridgehead atoms. The van der Waals surface area contributed by atoms with Crippen molar-refractivity contribution in [1.82, 2.24) is 30.2 Å². The molecule has 1 aliphatic heterocycles. The van der Waals surface area contributed by atoms with Gasteiger partial charge in [-0.15, -0.1) is 0 Å². The largest absolute Gasteiger partial charge is 0.481 e. The molecule has 56 heavy (non-hydrogen) atoms. The Hall–Kier alpha value is -3.23. The number of thioether (sulfide) groups is 1. The topological polar surface area (TPSA) is 401 Å². The number of hydrogen-bond donors (Lipinski definition) is 10. The average molecular weight is 880 g/mol. The van der Waals surface area contributed by atoms with E-state index in [1.165, 1.54) is 20.8 Å². The van der Waals surface area contributed by atoms with E-state index >= 15 is 0 Å². The number of fused-ring (bicyclic) bond motifs is 1. The SMILES string of the molecule is C/C(=C\C(=O)SCCNC(=O)CCNC(=O)[C@H](O)C(C)(C)COP(=O)(O)OP(=O)(O)OC[C@H]1O[C@@H](n2cnc3c(N)ncnc32)[C@H](O)[C@@H]1OP(=O)(O)O)C(=O)O. The number of carboxylic acid groups (broad SMARTS) is 1. The molecule has 2 amide bonds. The fourth-order valence-corrected chi connectivity index (χ4v) is 8.06. The second-order valence-electron chi connectivity index (χ2n) is 12.4. The number of nitrogens with one attached hydrogen (secondary N) is 2. The summed E-state index contributed by atoms with van der Waals surface area (Å²) in [7, 11) is -16.4. The Kier molecular flexibility index (Phi) is 16.4. The van der Waals surface area contributed by atoms with Gasteiger partial charge in [0, 0.05) is 42.3 Å². The summed E-state index contributed by atoms with van der Waals surface area (Å²) in [4.78, 5) is 97.8. The highest BCUT2D eigenvalue weighted by Crippen LogP contribution is 2.61. The molecule has 1 aliphatic rings. The van der Waals surface area contributed by atoms with E-state index in [1.807, 2.05) is 0 Å². The summed E-state index contributed by atoms with van der Waals surface area (Å²) < 4.78 is 61.9. The van der Waals surface area contributed by atoms with Crippen LogP contribution in [0, 0.1) is 5.41 Å². The predicted molar refractivity (Wildman–Crippen MR) is 188 cm³/mol. The number of carbonyl (C=O) groups excluding carboxylic acids is 3. The first-order chi connectivity index (χ1) is 25.8. The Labute approximate surface area is 320 Å². The van der Waals surface area contributed by atoms with E-state index in [2.05, 4.69) is 34.4 Å². The lowest BCUT2D eigenvalue weighted by Gasteiger charge is -2.30. The van der Waals surface area contributed by atoms with Crippen LogP contribution in [0.1, 0.15) is 33.4 Å². The number of aliphatic hydroxyl groups is 2. The molecule has 0 aliphatic carbocycles. The summed E-state index contributed by atoms with van der Waals surface area (Å²) in [6.07, 6.45) is -6.18. The highest BCUT2D eigenvalue weighted by atomic mass is 32.2. The van der Waals surface area contributed by atoms with E-state index in [4.69, 9.17) is 24.6 Å². The Morgan fingerprint density at radius 2 is 1.73 bits per heavy atom. The van der Waals surface area contributed by atoms with Crippen molar-refractivity contribution in [2.45, 2.75) is 57.8 Å². The number of nitrogens with zero attached hydrogens (tertiary/aromatic N) is 4. The number of phosphoric ester groups is 3. The quantitative estimate of drug-likeness (QED) is 0.0395. The van der Waals surface area contributed by atoms with Crippen molar-refractivity contribution < 1.29 is 90.4 Å². The second kappa shape index (κ2) is 19.5. The van der Waals surface area contributed by atoms with E-state index in [0.717, 1.165) is 35.1 Å². The zero-order valence-electron chi connectivity index (χ0n) is 29.5. The number of amides is 2. The van der Waals surface area contributed by atoms with E-state index in [0.29, 0.717) is 0 Å². The number of aromatic nitrogens is 4. The maximum atomic E-state index is 12.7. The molecule has 0 saturated carbocycles. The highest BCUT2D eigenvalue weighted by Gasteiger charge is 2.50. The fraction of sp³-hybridized carbons (Fsp3) is 0.577. The molecule has 30 heteroatoms. The molecule has 3 heterocycles. The number of aliphatic hydroxyl groups excluding tert-OH is 2. The lowest BCUT2D eigenvalue weighted by atomic mass is 9.87. The minimum atomic E-state index is -5.59. The Morgan fingerprint density at radius 3 is 2.38 bits per heavy atom. The molecular formula is C26H40N7O19P3S. The lowest BCUT2D eigenvalue weighted by Crippen LogP contribution is -2.46. The van der Waals surface area contributed by atoms with Gasteiger partial charge in [-0.1, -0.05) is 25.6 Å². The Bertz CT molecular complexity index is 1940. The first kappa shape index (κ1) is 47.1. The minimum absolute atomic E-state index is 0.0182. The van der Waals surface area contributed by atoms with Crippen LogP contribution >= 0.6 is 35.2 Å². The van der Waals surface area contributed by atoms with Gasteiger partial charge < -0.3 is 56.0 Å². The van der Waals surface area contributed by atoms with Crippen molar-refractivity contribution in [3.8, 4) is 0 Å². The van der Waals surface area contributed by atoms with Crippen LogP contribution < -0.4 is 16.4 Å². The maximum absolute atomic E-state index is 12.7. The van der Waals surface area contributed by atoms with Crippen LogP contribution in [0.4, 0.5) is 5.82 Å². The standard InChI is InChI=1S/C26H40N7O19P3S/c1-13(25(39)40)8-16(35)56-7-6-28-15(34)4-5-29-23(38)20(37)26(2,3)10-49-55(46,47)52-54(44,45)48-9-14-19(51-53(41,42)43)18(36)24(50-14)33-12-32-17-21(27)30-11-31-22(17)33/h8,11-12,14,18-20,24,36-37H,4-7,9-10H2,1-3H3,(H,28,34)(H,29,38)(H,39,40)(H,44,45)(H,46,47)(H2,27,30,31)(H2,41,42,43)/b13-8+/t14-,18-,19-,20+,24-/m1/s1. The molecule has 1 saturated heterocycles. The summed E-state index contributed by atoms with van der Waals surface area (Å²) in [5.74, 6) is -2.72. The van der Waals surface area contributed by atoms with Crippen molar-refractivity contribution >= 4 is 75.1 Å². The Balaban J connectivity index is 1.49. The predicted octanol–water partition coefficient (Wildman–Crippen LogP) is -1.30. The van der Waals surface area contributed by atoms with Crippen LogP contribution in [0.5, 0.6) is 0 Å². The normalized spacial score (nSPS) is 21.9. The van der Waals surface area contributed by atoms with Crippen LogP contribution in [0.15, 0.2) is 24.3 Å². The molecule has 0 aromatic carbocycles. The van der Waals surface area contributed by atoms with Crippen molar-refractivity contribution in [2.75, 3.05) is 37.8 Å². The molecule has 0 radical (unpaired) electrons. The number of aliphatic carboxylic acids is 1. The monoisotopic (exact) mass is 879 g/mol. The van der Waals surface area contributed by atoms with Crippen LogP contribution in [-0.4, -0.2) is 134 Å². The van der Waals surface area contributed by atoms with Gasteiger partial charge in [0.2, 0.25) is 16.9 Å². The van der Waals surface area contributed by atoms with Crippen molar-refractivity contribution in [1.29, 1.82) is 0 Å².